The summed E-state index contributed by atoms with van der Waals surface area (Å²) < 4.78 is 30.8. The van der Waals surface area contributed by atoms with Crippen LogP contribution in [0.3, 0.4) is 0 Å². The van der Waals surface area contributed by atoms with Gasteiger partial charge >= 0.3 is 0 Å². The van der Waals surface area contributed by atoms with Crippen molar-refractivity contribution in [1.29, 1.82) is 0 Å². The highest BCUT2D eigenvalue weighted by Gasteiger charge is 2.24. The van der Waals surface area contributed by atoms with Gasteiger partial charge in [0.15, 0.2) is 5.13 Å². The van der Waals surface area contributed by atoms with E-state index < -0.39 is 15.9 Å². The van der Waals surface area contributed by atoms with Crippen molar-refractivity contribution in [3.8, 4) is 5.75 Å². The molecule has 0 aliphatic heterocycles. The summed E-state index contributed by atoms with van der Waals surface area (Å²) in [5, 5.41) is 4.77. The zero-order chi connectivity index (χ0) is 16.3. The average Bonchev–Trinajstić information content (AvgIpc) is 2.99. The maximum absolute atomic E-state index is 12.3. The lowest BCUT2D eigenvalue weighted by molar-refractivity contribution is 0.102. The summed E-state index contributed by atoms with van der Waals surface area (Å²) in [5.74, 6) is -0.257. The van der Waals surface area contributed by atoms with Gasteiger partial charge in [-0.15, -0.1) is 11.3 Å². The van der Waals surface area contributed by atoms with E-state index in [1.807, 2.05) is 0 Å². The highest BCUT2D eigenvalue weighted by Crippen LogP contribution is 2.27. The second-order valence-corrected chi connectivity index (χ2v) is 7.46. The molecule has 0 spiro atoms. The molecule has 1 aromatic carbocycles. The summed E-state index contributed by atoms with van der Waals surface area (Å²) >= 11 is 1.27. The largest absolute Gasteiger partial charge is 0.495 e. The molecule has 1 heterocycles. The van der Waals surface area contributed by atoms with E-state index in [1.54, 1.807) is 11.6 Å². The molecule has 1 N–H and O–H groups in total. The van der Waals surface area contributed by atoms with Gasteiger partial charge in [0.25, 0.3) is 5.91 Å². The minimum absolute atomic E-state index is 0.0632. The number of carbonyl (C=O) groups is 1. The van der Waals surface area contributed by atoms with E-state index in [0.29, 0.717) is 5.13 Å². The molecule has 0 fully saturated rings. The molecular formula is C13H15N3O4S2. The minimum Gasteiger partial charge on any atom is -0.495 e. The fourth-order valence-corrected chi connectivity index (χ4v) is 3.27. The summed E-state index contributed by atoms with van der Waals surface area (Å²) in [6.45, 7) is 0. The lowest BCUT2D eigenvalue weighted by Gasteiger charge is -2.15. The smallest absolute Gasteiger partial charge is 0.257 e. The zero-order valence-electron chi connectivity index (χ0n) is 12.2. The van der Waals surface area contributed by atoms with Crippen molar-refractivity contribution in [3.63, 3.8) is 0 Å². The number of aromatic nitrogens is 1. The van der Waals surface area contributed by atoms with E-state index in [0.717, 1.165) is 4.31 Å². The Morgan fingerprint density at radius 3 is 2.64 bits per heavy atom. The van der Waals surface area contributed by atoms with Crippen molar-refractivity contribution in [2.45, 2.75) is 4.90 Å². The Hall–Kier alpha value is -1.97. The first-order valence-electron chi connectivity index (χ1n) is 6.17. The number of amides is 1. The van der Waals surface area contributed by atoms with Gasteiger partial charge in [0.05, 0.1) is 7.11 Å². The molecule has 7 nitrogen and oxygen atoms in total. The van der Waals surface area contributed by atoms with Crippen molar-refractivity contribution in [2.24, 2.45) is 0 Å². The third kappa shape index (κ3) is 3.26. The van der Waals surface area contributed by atoms with Crippen LogP contribution in [0.15, 0.2) is 34.7 Å². The predicted octanol–water partition coefficient (Wildman–Crippen LogP) is 1.65. The van der Waals surface area contributed by atoms with Gasteiger partial charge in [0, 0.05) is 31.2 Å². The Bertz CT molecular complexity index is 771. The Morgan fingerprint density at radius 1 is 1.36 bits per heavy atom. The summed E-state index contributed by atoms with van der Waals surface area (Å²) in [7, 11) is 0.480. The first-order valence-corrected chi connectivity index (χ1v) is 8.49. The third-order valence-electron chi connectivity index (χ3n) is 2.84. The fraction of sp³-hybridized carbons (Fsp3) is 0.231. The molecule has 1 aromatic heterocycles. The Balaban J connectivity index is 2.41. The second kappa shape index (κ2) is 6.42. The molecule has 118 valence electrons. The van der Waals surface area contributed by atoms with E-state index in [-0.39, 0.29) is 16.2 Å². The van der Waals surface area contributed by atoms with Crippen LogP contribution in [0.2, 0.25) is 0 Å². The molecule has 0 saturated carbocycles. The van der Waals surface area contributed by atoms with E-state index in [4.69, 9.17) is 4.74 Å². The van der Waals surface area contributed by atoms with Crippen LogP contribution in [0.5, 0.6) is 5.75 Å². The standard InChI is InChI=1S/C13H15N3O4S2/c1-16(2)22(18,19)11-8-9(4-5-10(11)20-3)12(17)15-13-14-6-7-21-13/h4-8H,1-3H3,(H,14,15,17). The number of hydrogen-bond donors (Lipinski definition) is 1. The van der Waals surface area contributed by atoms with Crippen LogP contribution in [-0.2, 0) is 10.0 Å². The summed E-state index contributed by atoms with van der Waals surface area (Å²) in [5.41, 5.74) is 0.205. The lowest BCUT2D eigenvalue weighted by atomic mass is 10.2. The topological polar surface area (TPSA) is 88.6 Å². The molecule has 0 aliphatic rings. The van der Waals surface area contributed by atoms with Gasteiger partial charge in [-0.25, -0.2) is 17.7 Å². The first kappa shape index (κ1) is 16.4. The molecule has 0 aliphatic carbocycles. The van der Waals surface area contributed by atoms with Crippen LogP contribution in [0.4, 0.5) is 5.13 Å². The van der Waals surface area contributed by atoms with Gasteiger partial charge < -0.3 is 4.74 Å². The maximum Gasteiger partial charge on any atom is 0.257 e. The molecule has 1 amide bonds. The monoisotopic (exact) mass is 341 g/mol. The van der Waals surface area contributed by atoms with Crippen LogP contribution in [0.25, 0.3) is 0 Å². The van der Waals surface area contributed by atoms with Crippen molar-refractivity contribution in [1.82, 2.24) is 9.29 Å². The van der Waals surface area contributed by atoms with Crippen LogP contribution in [-0.4, -0.2) is 44.8 Å². The van der Waals surface area contributed by atoms with Gasteiger partial charge in [-0.1, -0.05) is 0 Å². The van der Waals surface area contributed by atoms with Crippen molar-refractivity contribution in [3.05, 3.63) is 35.3 Å². The summed E-state index contributed by atoms with van der Waals surface area (Å²) in [6.07, 6.45) is 1.57. The first-order chi connectivity index (χ1) is 10.4. The molecule has 0 saturated heterocycles. The molecule has 0 unspecified atom stereocenters. The number of hydrogen-bond acceptors (Lipinski definition) is 6. The number of nitrogens with one attached hydrogen (secondary N) is 1. The molecule has 22 heavy (non-hydrogen) atoms. The number of ether oxygens (including phenoxy) is 1. The maximum atomic E-state index is 12.3. The number of carbonyl (C=O) groups excluding carboxylic acids is 1. The van der Waals surface area contributed by atoms with Gasteiger partial charge in [-0.3, -0.25) is 10.1 Å². The van der Waals surface area contributed by atoms with Crippen molar-refractivity contribution in [2.75, 3.05) is 26.5 Å². The predicted molar refractivity (Wildman–Crippen MR) is 83.9 cm³/mol. The number of methoxy groups -OCH3 is 1. The lowest BCUT2D eigenvalue weighted by Crippen LogP contribution is -2.23. The number of anilines is 1. The molecule has 2 aromatic rings. The van der Waals surface area contributed by atoms with E-state index in [9.17, 15) is 13.2 Å². The van der Waals surface area contributed by atoms with Gasteiger partial charge in [0.1, 0.15) is 10.6 Å². The Morgan fingerprint density at radius 2 is 2.09 bits per heavy atom. The van der Waals surface area contributed by atoms with Crippen LogP contribution < -0.4 is 10.1 Å². The molecular weight excluding hydrogens is 326 g/mol. The van der Waals surface area contributed by atoms with E-state index in [2.05, 4.69) is 10.3 Å². The minimum atomic E-state index is -3.72. The number of sulfonamides is 1. The number of benzene rings is 1. The number of thiazole rings is 1. The van der Waals surface area contributed by atoms with Crippen LogP contribution in [0.1, 0.15) is 10.4 Å². The molecule has 0 bridgehead atoms. The average molecular weight is 341 g/mol. The van der Waals surface area contributed by atoms with Gasteiger partial charge in [-0.2, -0.15) is 0 Å². The van der Waals surface area contributed by atoms with E-state index in [1.165, 1.54) is 50.7 Å². The fourth-order valence-electron chi connectivity index (χ4n) is 1.67. The SMILES string of the molecule is COc1ccc(C(=O)Nc2nccs2)cc1S(=O)(=O)N(C)C. The summed E-state index contributed by atoms with van der Waals surface area (Å²) in [6, 6.07) is 4.24. The van der Waals surface area contributed by atoms with Crippen molar-refractivity contribution >= 4 is 32.4 Å². The molecule has 9 heteroatoms. The normalized spacial score (nSPS) is 11.5. The zero-order valence-corrected chi connectivity index (χ0v) is 13.9. The quantitative estimate of drug-likeness (QED) is 0.893. The number of rotatable bonds is 5. The van der Waals surface area contributed by atoms with E-state index >= 15 is 0 Å². The molecule has 0 atom stereocenters. The van der Waals surface area contributed by atoms with Crippen LogP contribution in [0, 0.1) is 0 Å². The van der Waals surface area contributed by atoms with Gasteiger partial charge in [-0.05, 0) is 18.2 Å². The highest BCUT2D eigenvalue weighted by molar-refractivity contribution is 7.89. The number of nitrogens with zero attached hydrogens (tertiary/aromatic N) is 2. The molecule has 2 rings (SSSR count). The third-order valence-corrected chi connectivity index (χ3v) is 5.36. The Labute approximate surface area is 132 Å². The van der Waals surface area contributed by atoms with Crippen LogP contribution >= 0.6 is 11.3 Å². The molecule has 0 radical (unpaired) electrons. The summed E-state index contributed by atoms with van der Waals surface area (Å²) in [4.78, 5) is 16.1. The highest BCUT2D eigenvalue weighted by atomic mass is 32.2. The second-order valence-electron chi connectivity index (χ2n) is 4.44. The van der Waals surface area contributed by atoms with Gasteiger partial charge in [0.2, 0.25) is 10.0 Å². The Kier molecular flexibility index (Phi) is 4.79. The van der Waals surface area contributed by atoms with Crippen molar-refractivity contribution < 1.29 is 17.9 Å².